The average Bonchev–Trinajstić information content (AvgIpc) is 2.85. The lowest BCUT2D eigenvalue weighted by Gasteiger charge is -2.03. The van der Waals surface area contributed by atoms with E-state index >= 15 is 0 Å². The molecule has 0 bridgehead atoms. The van der Waals surface area contributed by atoms with Gasteiger partial charge < -0.3 is 4.74 Å². The lowest BCUT2D eigenvalue weighted by Crippen LogP contribution is -1.89. The zero-order chi connectivity index (χ0) is 14.1. The van der Waals surface area contributed by atoms with Crippen LogP contribution in [0.5, 0.6) is 5.75 Å². The second-order valence-corrected chi connectivity index (χ2v) is 4.15. The van der Waals surface area contributed by atoms with E-state index in [4.69, 9.17) is 4.74 Å². The summed E-state index contributed by atoms with van der Waals surface area (Å²) in [5, 5.41) is 3.00. The predicted molar refractivity (Wildman–Crippen MR) is 72.6 cm³/mol. The maximum Gasteiger partial charge on any atom is 0.209 e. The van der Waals surface area contributed by atoms with Gasteiger partial charge in [0.2, 0.25) is 5.82 Å². The van der Waals surface area contributed by atoms with Gasteiger partial charge in [-0.3, -0.25) is 4.40 Å². The number of fused-ring (bicyclic) bond motifs is 1. The average molecular weight is 271 g/mol. The van der Waals surface area contributed by atoms with Gasteiger partial charge in [-0.05, 0) is 35.5 Å². The molecule has 0 radical (unpaired) electrons. The minimum atomic E-state index is -0.515. The third-order valence-corrected chi connectivity index (χ3v) is 3.02. The number of halogens is 1. The van der Waals surface area contributed by atoms with Crippen molar-refractivity contribution in [3.8, 4) is 17.0 Å². The van der Waals surface area contributed by atoms with E-state index < -0.39 is 5.82 Å². The van der Waals surface area contributed by atoms with Gasteiger partial charge in [0.15, 0.2) is 11.6 Å². The largest absolute Gasteiger partial charge is 0.494 e. The Bertz CT molecular complexity index is 798. The van der Waals surface area contributed by atoms with Crippen molar-refractivity contribution >= 4 is 11.5 Å². The van der Waals surface area contributed by atoms with Crippen LogP contribution < -0.4 is 4.74 Å². The number of pyridine rings is 1. The highest BCUT2D eigenvalue weighted by Crippen LogP contribution is 2.32. The second kappa shape index (κ2) is 4.73. The number of benzene rings is 1. The number of aromatic nitrogens is 2. The van der Waals surface area contributed by atoms with Gasteiger partial charge in [0.05, 0.1) is 7.11 Å². The van der Waals surface area contributed by atoms with Crippen molar-refractivity contribution in [3.63, 3.8) is 0 Å². The molecule has 0 amide bonds. The summed E-state index contributed by atoms with van der Waals surface area (Å²) in [5.41, 5.74) is 1.39. The monoisotopic (exact) mass is 271 g/mol. The Balaban J connectivity index is 2.23. The van der Waals surface area contributed by atoms with E-state index in [9.17, 15) is 9.30 Å². The van der Waals surface area contributed by atoms with E-state index in [0.717, 1.165) is 0 Å². The first-order valence-electron chi connectivity index (χ1n) is 5.89. The zero-order valence-electron chi connectivity index (χ0n) is 10.6. The summed E-state index contributed by atoms with van der Waals surface area (Å²) in [6.45, 7) is 0. The van der Waals surface area contributed by atoms with Crippen molar-refractivity contribution in [1.82, 2.24) is 9.38 Å². The minimum absolute atomic E-state index is 0.137. The van der Waals surface area contributed by atoms with Crippen molar-refractivity contribution < 1.29 is 9.13 Å². The van der Waals surface area contributed by atoms with Crippen molar-refractivity contribution in [1.29, 1.82) is 0 Å². The number of rotatable bonds is 3. The van der Waals surface area contributed by atoms with E-state index in [-0.39, 0.29) is 11.6 Å². The highest BCUT2D eigenvalue weighted by Gasteiger charge is 2.16. The van der Waals surface area contributed by atoms with Gasteiger partial charge in [-0.1, -0.05) is 6.07 Å². The summed E-state index contributed by atoms with van der Waals surface area (Å²) >= 11 is 0. The van der Waals surface area contributed by atoms with Crippen LogP contribution in [0.4, 0.5) is 10.2 Å². The molecule has 2 aromatic heterocycles. The van der Waals surface area contributed by atoms with Gasteiger partial charge in [0.1, 0.15) is 11.3 Å². The Hall–Kier alpha value is -2.76. The van der Waals surface area contributed by atoms with Crippen LogP contribution in [0.2, 0.25) is 0 Å². The molecule has 0 fully saturated rings. The summed E-state index contributed by atoms with van der Waals surface area (Å²) in [5.74, 6) is -0.234. The van der Waals surface area contributed by atoms with Crippen LogP contribution >= 0.6 is 0 Å². The Morgan fingerprint density at radius 2 is 2.15 bits per heavy atom. The van der Waals surface area contributed by atoms with Crippen molar-refractivity contribution in [2.75, 3.05) is 7.11 Å². The molecule has 6 heteroatoms. The van der Waals surface area contributed by atoms with Gasteiger partial charge in [-0.25, -0.2) is 9.37 Å². The molecule has 2 heterocycles. The van der Waals surface area contributed by atoms with Gasteiger partial charge >= 0.3 is 0 Å². The summed E-state index contributed by atoms with van der Waals surface area (Å²) in [6, 6.07) is 9.71. The maximum atomic E-state index is 13.8. The Kier molecular flexibility index (Phi) is 2.90. The molecule has 3 aromatic rings. The predicted octanol–water partition coefficient (Wildman–Crippen LogP) is 3.55. The van der Waals surface area contributed by atoms with Crippen LogP contribution in [0.1, 0.15) is 0 Å². The molecule has 0 saturated heterocycles. The first-order valence-corrected chi connectivity index (χ1v) is 5.89. The molecule has 0 aliphatic heterocycles. The maximum absolute atomic E-state index is 13.8. The van der Waals surface area contributed by atoms with Crippen molar-refractivity contribution in [2.45, 2.75) is 0 Å². The molecule has 0 atom stereocenters. The Morgan fingerprint density at radius 1 is 1.30 bits per heavy atom. The van der Waals surface area contributed by atoms with Crippen LogP contribution in [0.15, 0.2) is 47.8 Å². The Labute approximate surface area is 113 Å². The summed E-state index contributed by atoms with van der Waals surface area (Å²) < 4.78 is 20.2. The van der Waals surface area contributed by atoms with Gasteiger partial charge in [0, 0.05) is 11.8 Å². The molecule has 3 rings (SSSR count). The number of hydrogen-bond donors (Lipinski definition) is 0. The topological polar surface area (TPSA) is 56.0 Å². The first kappa shape index (κ1) is 12.3. The summed E-state index contributed by atoms with van der Waals surface area (Å²) in [7, 11) is 1.39. The molecule has 5 nitrogen and oxygen atoms in total. The highest BCUT2D eigenvalue weighted by molar-refractivity contribution is 5.74. The molecule has 20 heavy (non-hydrogen) atoms. The highest BCUT2D eigenvalue weighted by atomic mass is 19.1. The number of ether oxygens (including phenoxy) is 1. The lowest BCUT2D eigenvalue weighted by atomic mass is 10.1. The Morgan fingerprint density at radius 3 is 2.85 bits per heavy atom. The molecule has 1 aromatic carbocycles. The fourth-order valence-electron chi connectivity index (χ4n) is 2.08. The smallest absolute Gasteiger partial charge is 0.209 e. The van der Waals surface area contributed by atoms with Crippen molar-refractivity contribution in [2.24, 2.45) is 5.18 Å². The van der Waals surface area contributed by atoms with Gasteiger partial charge in [-0.15, -0.1) is 4.91 Å². The zero-order valence-corrected chi connectivity index (χ0v) is 10.6. The van der Waals surface area contributed by atoms with E-state index in [2.05, 4.69) is 10.2 Å². The summed E-state index contributed by atoms with van der Waals surface area (Å²) in [4.78, 5) is 15.4. The molecule has 0 aliphatic rings. The van der Waals surface area contributed by atoms with Crippen LogP contribution in [0.25, 0.3) is 16.9 Å². The second-order valence-electron chi connectivity index (χ2n) is 4.15. The van der Waals surface area contributed by atoms with E-state index in [0.29, 0.717) is 16.9 Å². The normalized spacial score (nSPS) is 10.7. The van der Waals surface area contributed by atoms with E-state index in [1.54, 1.807) is 34.9 Å². The third kappa shape index (κ3) is 1.82. The molecule has 0 N–H and O–H groups in total. The fraction of sp³-hybridized carbons (Fsp3) is 0.0714. The van der Waals surface area contributed by atoms with Crippen LogP contribution in [-0.4, -0.2) is 16.5 Å². The number of hydrogen-bond acceptors (Lipinski definition) is 4. The van der Waals surface area contributed by atoms with Crippen LogP contribution in [0, 0.1) is 10.7 Å². The SMILES string of the molecule is COc1ccc(-c2nc3ccccn3c2N=O)cc1F. The molecule has 0 aliphatic carbocycles. The van der Waals surface area contributed by atoms with Crippen molar-refractivity contribution in [3.05, 3.63) is 53.3 Å². The first-order chi connectivity index (χ1) is 9.74. The summed E-state index contributed by atoms with van der Waals surface area (Å²) in [6.07, 6.45) is 1.68. The standard InChI is InChI=1S/C14H10FN3O2/c1-20-11-6-5-9(8-10(11)15)13-14(17-19)18-7-3-2-4-12(18)16-13/h2-8H,1H3. The fourth-order valence-corrected chi connectivity index (χ4v) is 2.08. The van der Waals surface area contributed by atoms with E-state index in [1.165, 1.54) is 19.2 Å². The molecular weight excluding hydrogens is 261 g/mol. The lowest BCUT2D eigenvalue weighted by molar-refractivity contribution is 0.386. The number of imidazole rings is 1. The molecule has 0 saturated carbocycles. The van der Waals surface area contributed by atoms with E-state index in [1.807, 2.05) is 0 Å². The van der Waals surface area contributed by atoms with Crippen LogP contribution in [0.3, 0.4) is 0 Å². The minimum Gasteiger partial charge on any atom is -0.494 e. The quantitative estimate of drug-likeness (QED) is 0.684. The number of nitrogens with zero attached hydrogens (tertiary/aromatic N) is 3. The third-order valence-electron chi connectivity index (χ3n) is 3.02. The number of methoxy groups -OCH3 is 1. The van der Waals surface area contributed by atoms with Crippen LogP contribution in [-0.2, 0) is 0 Å². The molecule has 100 valence electrons. The van der Waals surface area contributed by atoms with Gasteiger partial charge in [-0.2, -0.15) is 0 Å². The molecule has 0 unspecified atom stereocenters. The molecular formula is C14H10FN3O2. The number of nitroso groups, excluding NO2 is 1. The van der Waals surface area contributed by atoms with Gasteiger partial charge in [0.25, 0.3) is 0 Å². The molecule has 0 spiro atoms.